The van der Waals surface area contributed by atoms with Crippen molar-refractivity contribution in [1.29, 1.82) is 0 Å². The molecule has 5 aliphatic carbocycles. The van der Waals surface area contributed by atoms with Crippen LogP contribution in [0.3, 0.4) is 0 Å². The lowest BCUT2D eigenvalue weighted by atomic mass is 9.34. The fraction of sp³-hybridized carbons (Fsp3) is 0.667. The second-order valence-corrected chi connectivity index (χ2v) is 13.1. The lowest BCUT2D eigenvalue weighted by Crippen LogP contribution is -2.62. The number of allylic oxidation sites excluding steroid dienone is 7. The lowest BCUT2D eigenvalue weighted by molar-refractivity contribution is -0.180. The number of aliphatic hydroxyl groups excluding tert-OH is 1. The van der Waals surface area contributed by atoms with Crippen LogP contribution in [0.15, 0.2) is 46.3 Å². The zero-order chi connectivity index (χ0) is 24.9. The van der Waals surface area contributed by atoms with Crippen LogP contribution in [0.25, 0.3) is 0 Å². The number of hydrogen-bond donors (Lipinski definition) is 1. The van der Waals surface area contributed by atoms with Gasteiger partial charge < -0.3 is 9.84 Å². The Balaban J connectivity index is 1.63. The number of aliphatic hydroxyl groups is 1. The Bertz CT molecular complexity index is 1120. The van der Waals surface area contributed by atoms with Crippen LogP contribution in [-0.2, 0) is 14.3 Å². The second-order valence-electron chi connectivity index (χ2n) is 13.1. The number of fused-ring (bicyclic) bond motifs is 7. The standard InChI is InChI=1S/C30H40O4/c1-18-19-8-9-22-28(4,20(19)16-21(31)24(18)32)13-15-30(6)23-17-27(3,25(33)34-7)11-10-26(23,2)12-14-29(22,30)5/h8-9,16,23,32H,10-15,17H2,1-7H3/t23-,26-,27-,28+,29+,30+/m1/s1. The molecular formula is C30H40O4. The van der Waals surface area contributed by atoms with E-state index in [-0.39, 0.29) is 39.2 Å². The molecule has 0 bridgehead atoms. The fourth-order valence-electron chi connectivity index (χ4n) is 8.89. The van der Waals surface area contributed by atoms with E-state index in [1.807, 2.05) is 6.92 Å². The van der Waals surface area contributed by atoms with E-state index in [2.05, 4.69) is 46.8 Å². The summed E-state index contributed by atoms with van der Waals surface area (Å²) >= 11 is 0. The highest BCUT2D eigenvalue weighted by Crippen LogP contribution is 2.75. The number of hydrogen-bond acceptors (Lipinski definition) is 4. The van der Waals surface area contributed by atoms with E-state index in [0.717, 1.165) is 56.1 Å². The highest BCUT2D eigenvalue weighted by Gasteiger charge is 2.67. The van der Waals surface area contributed by atoms with Gasteiger partial charge in [-0.1, -0.05) is 45.4 Å². The molecule has 1 N–H and O–H groups in total. The molecule has 0 aliphatic heterocycles. The van der Waals surface area contributed by atoms with Gasteiger partial charge in [0.15, 0.2) is 5.76 Å². The number of carbonyl (C=O) groups is 2. The van der Waals surface area contributed by atoms with Crippen molar-refractivity contribution in [3.8, 4) is 0 Å². The summed E-state index contributed by atoms with van der Waals surface area (Å²) in [6.07, 6.45) is 13.3. The summed E-state index contributed by atoms with van der Waals surface area (Å²) < 4.78 is 5.27. The Kier molecular flexibility index (Phi) is 4.85. The lowest BCUT2D eigenvalue weighted by Gasteiger charge is -2.70. The SMILES string of the molecule is COC(=O)[C@]1(C)CC[C@]2(C)CC[C@@]3(C)C4=CC=C5C(=CC(=O)C(O)=C5C)[C@]4(C)CC[C@@]3(C)[C@@H]2C1. The molecule has 0 amide bonds. The van der Waals surface area contributed by atoms with Crippen molar-refractivity contribution in [3.63, 3.8) is 0 Å². The molecule has 184 valence electrons. The molecular weight excluding hydrogens is 424 g/mol. The van der Waals surface area contributed by atoms with Gasteiger partial charge in [0, 0.05) is 11.0 Å². The van der Waals surface area contributed by atoms with Gasteiger partial charge in [0.2, 0.25) is 5.78 Å². The number of ketones is 1. The third-order valence-corrected chi connectivity index (χ3v) is 11.6. The van der Waals surface area contributed by atoms with Crippen molar-refractivity contribution in [1.82, 2.24) is 0 Å². The van der Waals surface area contributed by atoms with Crippen LogP contribution in [0.2, 0.25) is 0 Å². The Labute approximate surface area is 204 Å². The van der Waals surface area contributed by atoms with E-state index < -0.39 is 5.41 Å². The molecule has 0 aromatic heterocycles. The number of ether oxygens (including phenoxy) is 1. The maximum Gasteiger partial charge on any atom is 0.311 e. The van der Waals surface area contributed by atoms with Gasteiger partial charge in [-0.15, -0.1) is 0 Å². The Morgan fingerprint density at radius 3 is 2.35 bits per heavy atom. The van der Waals surface area contributed by atoms with E-state index in [1.165, 1.54) is 12.7 Å². The van der Waals surface area contributed by atoms with E-state index in [4.69, 9.17) is 4.74 Å². The molecule has 34 heavy (non-hydrogen) atoms. The maximum absolute atomic E-state index is 12.8. The number of methoxy groups -OCH3 is 1. The molecule has 6 atom stereocenters. The van der Waals surface area contributed by atoms with Crippen LogP contribution in [0.5, 0.6) is 0 Å². The van der Waals surface area contributed by atoms with Gasteiger partial charge in [-0.25, -0.2) is 0 Å². The van der Waals surface area contributed by atoms with Crippen molar-refractivity contribution >= 4 is 11.8 Å². The van der Waals surface area contributed by atoms with Crippen molar-refractivity contribution < 1.29 is 19.4 Å². The summed E-state index contributed by atoms with van der Waals surface area (Å²) in [4.78, 5) is 25.5. The quantitative estimate of drug-likeness (QED) is 0.434. The molecule has 3 fully saturated rings. The maximum atomic E-state index is 12.8. The molecule has 0 unspecified atom stereocenters. The molecule has 0 aromatic carbocycles. The average Bonchev–Trinajstić information content (AvgIpc) is 2.80. The average molecular weight is 465 g/mol. The smallest absolute Gasteiger partial charge is 0.311 e. The predicted octanol–water partition coefficient (Wildman–Crippen LogP) is 6.79. The summed E-state index contributed by atoms with van der Waals surface area (Å²) in [7, 11) is 1.52. The summed E-state index contributed by atoms with van der Waals surface area (Å²) in [5.74, 6) is -0.0356. The van der Waals surface area contributed by atoms with E-state index in [9.17, 15) is 14.7 Å². The minimum Gasteiger partial charge on any atom is -0.504 e. The molecule has 5 aliphatic rings. The van der Waals surface area contributed by atoms with Gasteiger partial charge in [0.05, 0.1) is 12.5 Å². The monoisotopic (exact) mass is 464 g/mol. The second kappa shape index (κ2) is 6.98. The highest BCUT2D eigenvalue weighted by atomic mass is 16.5. The van der Waals surface area contributed by atoms with Gasteiger partial charge in [0.1, 0.15) is 0 Å². The van der Waals surface area contributed by atoms with E-state index in [1.54, 1.807) is 6.08 Å². The Hall–Kier alpha value is -2.10. The third-order valence-electron chi connectivity index (χ3n) is 11.6. The zero-order valence-corrected chi connectivity index (χ0v) is 21.9. The first-order valence-electron chi connectivity index (χ1n) is 12.9. The Morgan fingerprint density at radius 2 is 1.68 bits per heavy atom. The molecule has 0 saturated heterocycles. The van der Waals surface area contributed by atoms with Crippen molar-refractivity contribution in [2.75, 3.05) is 7.11 Å². The molecule has 0 heterocycles. The van der Waals surface area contributed by atoms with Crippen LogP contribution in [-0.4, -0.2) is 24.0 Å². The third kappa shape index (κ3) is 2.72. The highest BCUT2D eigenvalue weighted by molar-refractivity contribution is 6.06. The van der Waals surface area contributed by atoms with Gasteiger partial charge in [-0.3, -0.25) is 9.59 Å². The van der Waals surface area contributed by atoms with Gasteiger partial charge >= 0.3 is 5.97 Å². The minimum absolute atomic E-state index is 0.0262. The van der Waals surface area contributed by atoms with Crippen LogP contribution < -0.4 is 0 Å². The van der Waals surface area contributed by atoms with Gasteiger partial charge in [-0.05, 0) is 98.2 Å². The molecule has 0 spiro atoms. The Morgan fingerprint density at radius 1 is 1.00 bits per heavy atom. The number of carbonyl (C=O) groups excluding carboxylic acids is 2. The fourth-order valence-corrected chi connectivity index (χ4v) is 8.89. The number of rotatable bonds is 1. The van der Waals surface area contributed by atoms with Crippen LogP contribution in [0.1, 0.15) is 86.5 Å². The first-order chi connectivity index (χ1) is 15.8. The molecule has 0 aromatic rings. The normalized spacial score (nSPS) is 45.7. The summed E-state index contributed by atoms with van der Waals surface area (Å²) in [5.41, 5.74) is 3.82. The molecule has 0 radical (unpaired) electrons. The summed E-state index contributed by atoms with van der Waals surface area (Å²) in [6, 6.07) is 0. The summed E-state index contributed by atoms with van der Waals surface area (Å²) in [5, 5.41) is 10.3. The van der Waals surface area contributed by atoms with Crippen LogP contribution >= 0.6 is 0 Å². The first-order valence-corrected chi connectivity index (χ1v) is 12.9. The minimum atomic E-state index is -0.424. The molecule has 3 saturated carbocycles. The molecule has 4 heteroatoms. The van der Waals surface area contributed by atoms with Crippen molar-refractivity contribution in [2.45, 2.75) is 86.5 Å². The predicted molar refractivity (Wildman–Crippen MR) is 133 cm³/mol. The van der Waals surface area contributed by atoms with E-state index >= 15 is 0 Å². The topological polar surface area (TPSA) is 63.6 Å². The first kappa shape index (κ1) is 23.6. The van der Waals surface area contributed by atoms with Crippen molar-refractivity contribution in [2.24, 2.45) is 33.0 Å². The van der Waals surface area contributed by atoms with Gasteiger partial charge in [0.25, 0.3) is 0 Å². The number of esters is 1. The van der Waals surface area contributed by atoms with Gasteiger partial charge in [-0.2, -0.15) is 0 Å². The molecule has 4 nitrogen and oxygen atoms in total. The van der Waals surface area contributed by atoms with E-state index in [0.29, 0.717) is 11.5 Å². The van der Waals surface area contributed by atoms with Crippen molar-refractivity contribution in [3.05, 3.63) is 46.3 Å². The van der Waals surface area contributed by atoms with Crippen LogP contribution in [0.4, 0.5) is 0 Å². The largest absolute Gasteiger partial charge is 0.504 e. The molecule has 5 rings (SSSR count). The zero-order valence-electron chi connectivity index (χ0n) is 21.9. The summed E-state index contributed by atoms with van der Waals surface area (Å²) in [6.45, 7) is 13.7. The van der Waals surface area contributed by atoms with Crippen LogP contribution in [0, 0.1) is 33.0 Å².